The molecule has 0 radical (unpaired) electrons. The first-order chi connectivity index (χ1) is 26.7. The fourth-order valence-electron chi connectivity index (χ4n) is 7.79. The van der Waals surface area contributed by atoms with Gasteiger partial charge in [-0.05, 0) is 67.8 Å². The van der Waals surface area contributed by atoms with Crippen LogP contribution < -0.4 is 15.5 Å². The number of methoxy groups -OCH3 is 1. The number of anilines is 2. The number of H-pyrrole nitrogens is 1. The predicted molar refractivity (Wildman–Crippen MR) is 216 cm³/mol. The van der Waals surface area contributed by atoms with Crippen LogP contribution in [0.1, 0.15) is 52.2 Å². The molecule has 0 saturated carbocycles. The monoisotopic (exact) mass is 775 g/mol. The molecule has 280 valence electrons. The Morgan fingerprint density at radius 1 is 0.927 bits per heavy atom. The average molecular weight is 777 g/mol. The number of carbonyl (C=O) groups is 3. The van der Waals surface area contributed by atoms with Gasteiger partial charge in [-0.3, -0.25) is 4.79 Å². The second kappa shape index (κ2) is 15.2. The number of fused-ring (bicyclic) bond motifs is 1. The van der Waals surface area contributed by atoms with Crippen molar-refractivity contribution in [1.29, 1.82) is 0 Å². The van der Waals surface area contributed by atoms with Crippen molar-refractivity contribution in [2.75, 3.05) is 43.5 Å². The van der Waals surface area contributed by atoms with Crippen LogP contribution in [-0.4, -0.2) is 76.7 Å². The summed E-state index contributed by atoms with van der Waals surface area (Å²) >= 11 is 12.8. The zero-order valence-corrected chi connectivity index (χ0v) is 31.8. The lowest BCUT2D eigenvalue weighted by Crippen LogP contribution is -2.46. The van der Waals surface area contributed by atoms with Crippen molar-refractivity contribution in [2.45, 2.75) is 31.8 Å². The van der Waals surface area contributed by atoms with Gasteiger partial charge in [-0.2, -0.15) is 0 Å². The Kier molecular flexibility index (Phi) is 9.98. The van der Waals surface area contributed by atoms with Crippen molar-refractivity contribution in [3.8, 4) is 22.5 Å². The number of aromatic amines is 1. The first-order valence-electron chi connectivity index (χ1n) is 18.2. The quantitative estimate of drug-likeness (QED) is 0.126. The summed E-state index contributed by atoms with van der Waals surface area (Å²) in [5.74, 6) is -0.936. The van der Waals surface area contributed by atoms with E-state index < -0.39 is 11.9 Å². The van der Waals surface area contributed by atoms with E-state index in [-0.39, 0.29) is 18.1 Å². The van der Waals surface area contributed by atoms with Crippen molar-refractivity contribution >= 4 is 63.4 Å². The van der Waals surface area contributed by atoms with Gasteiger partial charge in [0.2, 0.25) is 0 Å². The van der Waals surface area contributed by atoms with Gasteiger partial charge < -0.3 is 34.7 Å². The van der Waals surface area contributed by atoms with E-state index in [1.807, 2.05) is 77.7 Å². The summed E-state index contributed by atoms with van der Waals surface area (Å²) in [7, 11) is 1.33. The van der Waals surface area contributed by atoms with Crippen molar-refractivity contribution in [1.82, 2.24) is 24.8 Å². The highest BCUT2D eigenvalue weighted by atomic mass is 35.5. The zero-order valence-electron chi connectivity index (χ0n) is 30.3. The molecule has 2 saturated heterocycles. The third-order valence-corrected chi connectivity index (χ3v) is 11.1. The SMILES string of the molecule is COC(=O)c1ccc(N2CCC(N3CCNC3=O)CC2)c(NC(=O)c2[nH]c3cc(Cl)ccc3c2-c2c(-c3ccccc3)ncn2[C@@H](C)c2ccc(Cl)cc2)c1. The molecule has 0 aliphatic carbocycles. The first kappa shape index (κ1) is 36.2. The number of ether oxygens (including phenoxy) is 1. The number of esters is 1. The van der Waals surface area contributed by atoms with Crippen LogP contribution in [0, 0.1) is 0 Å². The third kappa shape index (κ3) is 7.01. The number of amides is 3. The second-order valence-corrected chi connectivity index (χ2v) is 14.7. The number of nitrogens with zero attached hydrogens (tertiary/aromatic N) is 4. The van der Waals surface area contributed by atoms with Crippen LogP contribution in [-0.2, 0) is 4.74 Å². The molecule has 55 heavy (non-hydrogen) atoms. The lowest BCUT2D eigenvalue weighted by Gasteiger charge is -2.38. The van der Waals surface area contributed by atoms with E-state index in [1.165, 1.54) is 7.11 Å². The van der Waals surface area contributed by atoms with E-state index in [2.05, 4.69) is 32.0 Å². The number of nitrogens with one attached hydrogen (secondary N) is 3. The Bertz CT molecular complexity index is 2400. The van der Waals surface area contributed by atoms with Gasteiger partial charge in [0, 0.05) is 64.3 Å². The number of halogens is 2. The van der Waals surface area contributed by atoms with E-state index in [1.54, 1.807) is 24.5 Å². The minimum atomic E-state index is -0.519. The van der Waals surface area contributed by atoms with Gasteiger partial charge in [0.1, 0.15) is 5.69 Å². The van der Waals surface area contributed by atoms with Gasteiger partial charge >= 0.3 is 12.0 Å². The average Bonchev–Trinajstić information content (AvgIpc) is 3.94. The van der Waals surface area contributed by atoms with E-state index in [9.17, 15) is 14.4 Å². The van der Waals surface area contributed by atoms with E-state index in [0.29, 0.717) is 69.9 Å². The number of piperidine rings is 1. The molecule has 4 aromatic carbocycles. The van der Waals surface area contributed by atoms with Gasteiger partial charge in [-0.25, -0.2) is 14.6 Å². The molecule has 2 aromatic heterocycles. The summed E-state index contributed by atoms with van der Waals surface area (Å²) in [6.07, 6.45) is 3.34. The first-order valence-corrected chi connectivity index (χ1v) is 19.0. The number of urea groups is 1. The molecule has 0 unspecified atom stereocenters. The van der Waals surface area contributed by atoms with Crippen LogP contribution in [0.5, 0.6) is 0 Å². The van der Waals surface area contributed by atoms with Gasteiger partial charge in [0.15, 0.2) is 0 Å². The molecule has 13 heteroatoms. The second-order valence-electron chi connectivity index (χ2n) is 13.8. The molecular weight excluding hydrogens is 737 g/mol. The molecule has 1 atom stereocenters. The Balaban J connectivity index is 1.23. The van der Waals surface area contributed by atoms with Gasteiger partial charge in [0.25, 0.3) is 5.91 Å². The third-order valence-electron chi connectivity index (χ3n) is 10.6. The van der Waals surface area contributed by atoms with Crippen molar-refractivity contribution in [2.24, 2.45) is 0 Å². The molecule has 6 aromatic rings. The molecule has 8 rings (SSSR count). The highest BCUT2D eigenvalue weighted by Gasteiger charge is 2.32. The lowest BCUT2D eigenvalue weighted by atomic mass is 9.99. The molecule has 3 amide bonds. The van der Waals surface area contributed by atoms with E-state index in [0.717, 1.165) is 40.7 Å². The Morgan fingerprint density at radius 2 is 1.67 bits per heavy atom. The minimum absolute atomic E-state index is 0.0245. The van der Waals surface area contributed by atoms with Crippen LogP contribution in [0.25, 0.3) is 33.4 Å². The highest BCUT2D eigenvalue weighted by molar-refractivity contribution is 6.31. The van der Waals surface area contributed by atoms with Crippen LogP contribution >= 0.6 is 23.2 Å². The standard InChI is InChI=1S/C42H39Cl2N7O4/c1-25(26-8-11-29(43)12-9-26)51-24-46-37(27-6-4-3-5-7-27)39(51)36-32-14-13-30(44)23-33(32)47-38(36)40(52)48-34-22-28(41(53)55-2)10-15-35(34)49-19-16-31(17-20-49)50-21-18-45-42(50)54/h3-15,22-25,31,47H,16-21H2,1-2H3,(H,45,54)(H,48,52)/t25-/m0/s1. The maximum absolute atomic E-state index is 14.9. The van der Waals surface area contributed by atoms with Crippen LogP contribution in [0.15, 0.2) is 97.3 Å². The topological polar surface area (TPSA) is 125 Å². The molecule has 2 aliphatic rings. The fourth-order valence-corrected chi connectivity index (χ4v) is 8.09. The zero-order chi connectivity index (χ0) is 38.2. The highest BCUT2D eigenvalue weighted by Crippen LogP contribution is 2.42. The molecule has 2 fully saturated rings. The van der Waals surface area contributed by atoms with Crippen LogP contribution in [0.4, 0.5) is 16.2 Å². The summed E-state index contributed by atoms with van der Waals surface area (Å²) in [5, 5.41) is 8.01. The maximum Gasteiger partial charge on any atom is 0.337 e. The molecule has 3 N–H and O–H groups in total. The number of rotatable bonds is 9. The molecule has 0 spiro atoms. The van der Waals surface area contributed by atoms with Crippen molar-refractivity contribution < 1.29 is 19.1 Å². The Morgan fingerprint density at radius 3 is 2.38 bits per heavy atom. The Labute approximate surface area is 328 Å². The van der Waals surface area contributed by atoms with Gasteiger partial charge in [-0.15, -0.1) is 0 Å². The predicted octanol–water partition coefficient (Wildman–Crippen LogP) is 8.65. The molecule has 0 bridgehead atoms. The van der Waals surface area contributed by atoms with Gasteiger partial charge in [-0.1, -0.05) is 71.7 Å². The largest absolute Gasteiger partial charge is 0.465 e. The number of aromatic nitrogens is 3. The summed E-state index contributed by atoms with van der Waals surface area (Å²) in [5.41, 5.74) is 6.48. The Hall–Kier alpha value is -5.78. The number of hydrogen-bond donors (Lipinski definition) is 3. The van der Waals surface area contributed by atoms with Crippen molar-refractivity contribution in [3.63, 3.8) is 0 Å². The van der Waals surface area contributed by atoms with Gasteiger partial charge in [0.05, 0.1) is 47.8 Å². The van der Waals surface area contributed by atoms with E-state index in [4.69, 9.17) is 32.9 Å². The van der Waals surface area contributed by atoms with Crippen LogP contribution in [0.2, 0.25) is 10.0 Å². The maximum atomic E-state index is 14.9. The smallest absolute Gasteiger partial charge is 0.337 e. The normalized spacial score (nSPS) is 15.3. The molecule has 4 heterocycles. The number of hydrogen-bond acceptors (Lipinski definition) is 6. The molecule has 11 nitrogen and oxygen atoms in total. The van der Waals surface area contributed by atoms with E-state index >= 15 is 0 Å². The number of imidazole rings is 1. The number of carbonyl (C=O) groups excluding carboxylic acids is 3. The number of benzene rings is 4. The summed E-state index contributed by atoms with van der Waals surface area (Å²) in [4.78, 5) is 52.5. The summed E-state index contributed by atoms with van der Waals surface area (Å²) < 4.78 is 7.13. The van der Waals surface area contributed by atoms with Crippen LogP contribution in [0.3, 0.4) is 0 Å². The lowest BCUT2D eigenvalue weighted by molar-refractivity contribution is 0.0600. The van der Waals surface area contributed by atoms with Crippen molar-refractivity contribution in [3.05, 3.63) is 124 Å². The fraction of sp³-hybridized carbons (Fsp3) is 0.238. The summed E-state index contributed by atoms with van der Waals surface area (Å²) in [6, 6.07) is 28.2. The minimum Gasteiger partial charge on any atom is -0.465 e. The molecular formula is C42H39Cl2N7O4. The summed E-state index contributed by atoms with van der Waals surface area (Å²) in [6.45, 7) is 4.75. The molecule has 2 aliphatic heterocycles.